The van der Waals surface area contributed by atoms with Crippen molar-refractivity contribution >= 4 is 16.3 Å². The monoisotopic (exact) mass is 253 g/mol. The molecule has 1 fully saturated rings. The average molecular weight is 253 g/mol. The lowest BCUT2D eigenvalue weighted by Gasteiger charge is -2.12. The molecule has 0 saturated carbocycles. The van der Waals surface area contributed by atoms with Crippen LogP contribution in [0, 0.1) is 0 Å². The molecule has 3 heterocycles. The molecule has 2 aromatic heterocycles. The number of aromatic nitrogens is 4. The third kappa shape index (κ3) is 1.74. The molecular weight excluding hydrogens is 238 g/mol. The van der Waals surface area contributed by atoms with Gasteiger partial charge in [0.25, 0.3) is 0 Å². The number of nitrogens with zero attached hydrogens (tertiary/aromatic N) is 4. The van der Waals surface area contributed by atoms with Crippen LogP contribution in [0.5, 0.6) is 0 Å². The van der Waals surface area contributed by atoms with Crippen LogP contribution in [0.25, 0.3) is 4.96 Å². The van der Waals surface area contributed by atoms with Gasteiger partial charge in [0, 0.05) is 12.5 Å². The quantitative estimate of drug-likeness (QED) is 0.860. The van der Waals surface area contributed by atoms with Crippen molar-refractivity contribution in [1.29, 1.82) is 0 Å². The van der Waals surface area contributed by atoms with Gasteiger partial charge in [0.1, 0.15) is 5.01 Å². The first-order valence-electron chi connectivity index (χ1n) is 5.79. The third-order valence-corrected chi connectivity index (χ3v) is 4.19. The maximum absolute atomic E-state index is 5.50. The van der Waals surface area contributed by atoms with E-state index in [0.29, 0.717) is 12.0 Å². The Bertz CT molecular complexity index is 522. The van der Waals surface area contributed by atoms with Gasteiger partial charge < -0.3 is 10.1 Å². The first-order valence-corrected chi connectivity index (χ1v) is 6.61. The van der Waals surface area contributed by atoms with Gasteiger partial charge in [-0.05, 0) is 7.05 Å². The Kier molecular flexibility index (Phi) is 2.81. The molecule has 0 spiro atoms. The number of aryl methyl sites for hydroxylation is 1. The minimum atomic E-state index is 0.330. The van der Waals surface area contributed by atoms with Gasteiger partial charge in [-0.3, -0.25) is 0 Å². The Morgan fingerprint density at radius 1 is 1.47 bits per heavy atom. The first kappa shape index (κ1) is 11.1. The summed E-state index contributed by atoms with van der Waals surface area (Å²) in [5, 5.41) is 17.2. The predicted octanol–water partition coefficient (Wildman–Crippen LogP) is 0.450. The standard InChI is InChI=1S/C10H15N5OS/c1-3-8-12-13-10-15(8)14-9(17-10)6-4-16-5-7(6)11-2/h6-7,11H,3-5H2,1-2H3. The van der Waals surface area contributed by atoms with Crippen molar-refractivity contribution in [3.63, 3.8) is 0 Å². The molecule has 1 saturated heterocycles. The maximum Gasteiger partial charge on any atom is 0.234 e. The molecule has 0 amide bonds. The van der Waals surface area contributed by atoms with Crippen LogP contribution in [-0.4, -0.2) is 46.1 Å². The largest absolute Gasteiger partial charge is 0.379 e. The van der Waals surface area contributed by atoms with Gasteiger partial charge in [-0.2, -0.15) is 9.61 Å². The predicted molar refractivity (Wildman–Crippen MR) is 64.4 cm³/mol. The number of nitrogens with one attached hydrogen (secondary N) is 1. The van der Waals surface area contributed by atoms with Gasteiger partial charge in [0.2, 0.25) is 4.96 Å². The molecule has 1 N–H and O–H groups in total. The Balaban J connectivity index is 1.97. The van der Waals surface area contributed by atoms with Crippen molar-refractivity contribution in [1.82, 2.24) is 25.1 Å². The summed E-state index contributed by atoms with van der Waals surface area (Å²) in [5.74, 6) is 1.25. The van der Waals surface area contributed by atoms with Gasteiger partial charge in [-0.15, -0.1) is 10.2 Å². The van der Waals surface area contributed by atoms with Gasteiger partial charge in [0.05, 0.1) is 19.1 Å². The van der Waals surface area contributed by atoms with Crippen LogP contribution in [0.3, 0.4) is 0 Å². The molecule has 7 heteroatoms. The van der Waals surface area contributed by atoms with Gasteiger partial charge in [0.15, 0.2) is 5.82 Å². The first-order chi connectivity index (χ1) is 8.33. The lowest BCUT2D eigenvalue weighted by Crippen LogP contribution is -2.31. The minimum absolute atomic E-state index is 0.330. The number of ether oxygens (including phenoxy) is 1. The van der Waals surface area contributed by atoms with Gasteiger partial charge in [-0.25, -0.2) is 0 Å². The highest BCUT2D eigenvalue weighted by molar-refractivity contribution is 7.16. The molecule has 0 radical (unpaired) electrons. The van der Waals surface area contributed by atoms with Gasteiger partial charge in [-0.1, -0.05) is 18.3 Å². The van der Waals surface area contributed by atoms with E-state index in [2.05, 4.69) is 27.5 Å². The molecule has 17 heavy (non-hydrogen) atoms. The second kappa shape index (κ2) is 4.32. The van der Waals surface area contributed by atoms with E-state index >= 15 is 0 Å². The molecule has 0 aliphatic carbocycles. The highest BCUT2D eigenvalue weighted by atomic mass is 32.1. The van der Waals surface area contributed by atoms with Crippen molar-refractivity contribution < 1.29 is 4.74 Å². The Hall–Kier alpha value is -1.05. The molecule has 1 aliphatic rings. The summed E-state index contributed by atoms with van der Waals surface area (Å²) in [4.78, 5) is 0.874. The van der Waals surface area contributed by atoms with Crippen LogP contribution in [0.2, 0.25) is 0 Å². The van der Waals surface area contributed by atoms with Crippen LogP contribution in [-0.2, 0) is 11.2 Å². The van der Waals surface area contributed by atoms with Crippen molar-refractivity contribution in [3.05, 3.63) is 10.8 Å². The number of fused-ring (bicyclic) bond motifs is 1. The fourth-order valence-corrected chi connectivity index (χ4v) is 3.13. The van der Waals surface area contributed by atoms with Crippen LogP contribution < -0.4 is 5.32 Å². The summed E-state index contributed by atoms with van der Waals surface area (Å²) in [7, 11) is 1.96. The minimum Gasteiger partial charge on any atom is -0.379 e. The smallest absolute Gasteiger partial charge is 0.234 e. The topological polar surface area (TPSA) is 64.3 Å². The number of hydrogen-bond donors (Lipinski definition) is 1. The molecule has 0 aromatic carbocycles. The zero-order valence-corrected chi connectivity index (χ0v) is 10.7. The summed E-state index contributed by atoms with van der Waals surface area (Å²) in [5.41, 5.74) is 0. The molecular formula is C10H15N5OS. The van der Waals surface area contributed by atoms with Crippen molar-refractivity contribution in [3.8, 4) is 0 Å². The summed E-state index contributed by atoms with van der Waals surface area (Å²) in [6.07, 6.45) is 0.848. The second-order valence-electron chi connectivity index (χ2n) is 4.14. The van der Waals surface area contributed by atoms with Gasteiger partial charge >= 0.3 is 0 Å². The molecule has 2 unspecified atom stereocenters. The molecule has 1 aliphatic heterocycles. The molecule has 3 rings (SSSR count). The number of hydrogen-bond acceptors (Lipinski definition) is 6. The Labute approximate surface area is 103 Å². The maximum atomic E-state index is 5.50. The highest BCUT2D eigenvalue weighted by Gasteiger charge is 2.31. The van der Waals surface area contributed by atoms with Crippen LogP contribution >= 0.6 is 11.3 Å². The van der Waals surface area contributed by atoms with E-state index in [1.807, 2.05) is 11.6 Å². The Morgan fingerprint density at radius 3 is 3.12 bits per heavy atom. The van der Waals surface area contributed by atoms with Crippen molar-refractivity contribution in [2.24, 2.45) is 0 Å². The fraction of sp³-hybridized carbons (Fsp3) is 0.700. The van der Waals surface area contributed by atoms with E-state index in [9.17, 15) is 0 Å². The normalized spacial score (nSPS) is 24.8. The van der Waals surface area contributed by atoms with Crippen molar-refractivity contribution in [2.45, 2.75) is 25.3 Å². The van der Waals surface area contributed by atoms with Crippen LogP contribution in [0.4, 0.5) is 0 Å². The molecule has 6 nitrogen and oxygen atoms in total. The average Bonchev–Trinajstić information content (AvgIpc) is 3.02. The number of likely N-dealkylation sites (N-methyl/N-ethyl adjacent to an activating group) is 1. The van der Waals surface area contributed by atoms with E-state index in [1.165, 1.54) is 0 Å². The van der Waals surface area contributed by atoms with E-state index in [-0.39, 0.29) is 0 Å². The zero-order chi connectivity index (χ0) is 11.8. The summed E-state index contributed by atoms with van der Waals surface area (Å²) in [6, 6.07) is 0.351. The third-order valence-electron chi connectivity index (χ3n) is 3.16. The summed E-state index contributed by atoms with van der Waals surface area (Å²) < 4.78 is 7.36. The zero-order valence-electron chi connectivity index (χ0n) is 9.88. The summed E-state index contributed by atoms with van der Waals surface area (Å²) in [6.45, 7) is 3.55. The highest BCUT2D eigenvalue weighted by Crippen LogP contribution is 2.29. The molecule has 92 valence electrons. The molecule has 2 atom stereocenters. The molecule has 2 aromatic rings. The lowest BCUT2D eigenvalue weighted by atomic mass is 10.1. The SMILES string of the molecule is CCc1nnc2sc(C3COCC3NC)nn12. The number of rotatable bonds is 3. The van der Waals surface area contributed by atoms with Crippen molar-refractivity contribution in [2.75, 3.05) is 20.3 Å². The van der Waals surface area contributed by atoms with Crippen LogP contribution in [0.15, 0.2) is 0 Å². The molecule has 0 bridgehead atoms. The van der Waals surface area contributed by atoms with E-state index in [0.717, 1.165) is 35.4 Å². The van der Waals surface area contributed by atoms with E-state index in [1.54, 1.807) is 11.3 Å². The lowest BCUT2D eigenvalue weighted by molar-refractivity contribution is 0.188. The fourth-order valence-electron chi connectivity index (χ4n) is 2.12. The Morgan fingerprint density at radius 2 is 2.35 bits per heavy atom. The van der Waals surface area contributed by atoms with Crippen LogP contribution in [0.1, 0.15) is 23.7 Å². The second-order valence-corrected chi connectivity index (χ2v) is 5.13. The van der Waals surface area contributed by atoms with E-state index < -0.39 is 0 Å². The summed E-state index contributed by atoms with van der Waals surface area (Å²) >= 11 is 1.61. The van der Waals surface area contributed by atoms with E-state index in [4.69, 9.17) is 4.74 Å².